The highest BCUT2D eigenvalue weighted by Crippen LogP contribution is 2.19. The van der Waals surface area contributed by atoms with Crippen LogP contribution < -0.4 is 5.32 Å². The summed E-state index contributed by atoms with van der Waals surface area (Å²) in [6, 6.07) is 16.0. The Hall–Kier alpha value is -3.45. The molecule has 0 spiro atoms. The van der Waals surface area contributed by atoms with Gasteiger partial charge in [0.2, 0.25) is 0 Å². The second kappa shape index (κ2) is 8.06. The Labute approximate surface area is 162 Å². The van der Waals surface area contributed by atoms with E-state index >= 15 is 0 Å². The lowest BCUT2D eigenvalue weighted by Crippen LogP contribution is -2.41. The van der Waals surface area contributed by atoms with Crippen molar-refractivity contribution in [1.29, 1.82) is 0 Å². The summed E-state index contributed by atoms with van der Waals surface area (Å²) in [6.07, 6.45) is 3.53. The van der Waals surface area contributed by atoms with Gasteiger partial charge >= 0.3 is 0 Å². The van der Waals surface area contributed by atoms with Gasteiger partial charge in [-0.25, -0.2) is 4.68 Å². The summed E-state index contributed by atoms with van der Waals surface area (Å²) in [5.41, 5.74) is 2.35. The Morgan fingerprint density at radius 2 is 1.71 bits per heavy atom. The number of carbonyl (C=O) groups excluding carboxylic acids is 2. The summed E-state index contributed by atoms with van der Waals surface area (Å²) < 4.78 is 7.03. The summed E-state index contributed by atoms with van der Waals surface area (Å²) in [7, 11) is 0. The van der Waals surface area contributed by atoms with Crippen molar-refractivity contribution in [2.75, 3.05) is 31.6 Å². The number of anilines is 1. The van der Waals surface area contributed by atoms with Crippen LogP contribution in [-0.4, -0.2) is 52.8 Å². The number of nitrogens with one attached hydrogen (secondary N) is 1. The van der Waals surface area contributed by atoms with E-state index in [9.17, 15) is 9.59 Å². The standard InChI is InChI=1S/C21H20N4O3/c26-20(16-6-8-17(9-7-16)25-11-3-10-22-25)23-19-5-2-1-4-18(19)21(27)24-12-14-28-15-13-24/h1-11H,12-15H2,(H,23,26). The predicted octanol–water partition coefficient (Wildman–Crippen LogP) is 2.60. The van der Waals surface area contributed by atoms with Gasteiger partial charge in [0.05, 0.1) is 30.2 Å². The van der Waals surface area contributed by atoms with Gasteiger partial charge < -0.3 is 15.0 Å². The van der Waals surface area contributed by atoms with Crippen LogP contribution in [0.1, 0.15) is 20.7 Å². The third-order valence-corrected chi connectivity index (χ3v) is 4.60. The average Bonchev–Trinajstić information content (AvgIpc) is 3.29. The first kappa shape index (κ1) is 17.9. The molecule has 0 radical (unpaired) electrons. The van der Waals surface area contributed by atoms with Gasteiger partial charge in [-0.3, -0.25) is 9.59 Å². The fourth-order valence-corrected chi connectivity index (χ4v) is 3.10. The summed E-state index contributed by atoms with van der Waals surface area (Å²) in [5.74, 6) is -0.373. The maximum Gasteiger partial charge on any atom is 0.256 e. The SMILES string of the molecule is O=C(Nc1ccccc1C(=O)N1CCOCC1)c1ccc(-n2cccn2)cc1. The quantitative estimate of drug-likeness (QED) is 0.759. The second-order valence-corrected chi connectivity index (χ2v) is 6.40. The minimum atomic E-state index is -0.269. The lowest BCUT2D eigenvalue weighted by molar-refractivity contribution is 0.0303. The van der Waals surface area contributed by atoms with Gasteiger partial charge in [0.25, 0.3) is 11.8 Å². The van der Waals surface area contributed by atoms with Gasteiger partial charge in [-0.2, -0.15) is 5.10 Å². The van der Waals surface area contributed by atoms with Crippen molar-refractivity contribution in [3.8, 4) is 5.69 Å². The molecule has 1 fully saturated rings. The highest BCUT2D eigenvalue weighted by Gasteiger charge is 2.21. The lowest BCUT2D eigenvalue weighted by atomic mass is 10.1. The zero-order chi connectivity index (χ0) is 19.3. The molecule has 2 aromatic carbocycles. The molecule has 0 unspecified atom stereocenters. The maximum atomic E-state index is 12.8. The number of para-hydroxylation sites is 1. The molecule has 3 aromatic rings. The first-order valence-corrected chi connectivity index (χ1v) is 9.10. The van der Waals surface area contributed by atoms with Crippen molar-refractivity contribution >= 4 is 17.5 Å². The lowest BCUT2D eigenvalue weighted by Gasteiger charge is -2.27. The van der Waals surface area contributed by atoms with E-state index in [-0.39, 0.29) is 11.8 Å². The molecule has 28 heavy (non-hydrogen) atoms. The van der Waals surface area contributed by atoms with Crippen molar-refractivity contribution in [3.05, 3.63) is 78.1 Å². The van der Waals surface area contributed by atoms with Crippen LogP contribution in [0.2, 0.25) is 0 Å². The molecular formula is C21H20N4O3. The van der Waals surface area contributed by atoms with Crippen molar-refractivity contribution in [3.63, 3.8) is 0 Å². The fourth-order valence-electron chi connectivity index (χ4n) is 3.10. The number of nitrogens with zero attached hydrogens (tertiary/aromatic N) is 3. The largest absolute Gasteiger partial charge is 0.378 e. The average molecular weight is 376 g/mol. The Balaban J connectivity index is 1.51. The van der Waals surface area contributed by atoms with Crippen LogP contribution in [0.4, 0.5) is 5.69 Å². The van der Waals surface area contributed by atoms with E-state index in [1.54, 1.807) is 52.2 Å². The normalized spacial score (nSPS) is 13.9. The molecule has 2 amide bonds. The Bertz CT molecular complexity index is 962. The first-order valence-electron chi connectivity index (χ1n) is 9.10. The van der Waals surface area contributed by atoms with E-state index < -0.39 is 0 Å². The molecule has 2 heterocycles. The zero-order valence-electron chi connectivity index (χ0n) is 15.2. The van der Waals surface area contributed by atoms with E-state index in [0.717, 1.165) is 5.69 Å². The van der Waals surface area contributed by atoms with Gasteiger partial charge in [0.1, 0.15) is 0 Å². The Kier molecular flexibility index (Phi) is 5.16. The third-order valence-electron chi connectivity index (χ3n) is 4.60. The number of amides is 2. The van der Waals surface area contributed by atoms with Crippen LogP contribution in [0.15, 0.2) is 67.0 Å². The predicted molar refractivity (Wildman–Crippen MR) is 105 cm³/mol. The Morgan fingerprint density at radius 3 is 2.43 bits per heavy atom. The van der Waals surface area contributed by atoms with E-state index in [4.69, 9.17) is 4.74 Å². The van der Waals surface area contributed by atoms with E-state index in [1.807, 2.05) is 24.4 Å². The number of hydrogen-bond acceptors (Lipinski definition) is 4. The summed E-state index contributed by atoms with van der Waals surface area (Å²) in [6.45, 7) is 2.16. The molecule has 4 rings (SSSR count). The van der Waals surface area contributed by atoms with Crippen LogP contribution >= 0.6 is 0 Å². The van der Waals surface area contributed by atoms with E-state index in [1.165, 1.54) is 0 Å². The third kappa shape index (κ3) is 3.79. The smallest absolute Gasteiger partial charge is 0.256 e. The molecule has 7 nitrogen and oxygen atoms in total. The van der Waals surface area contributed by atoms with Gasteiger partial charge in [-0.05, 0) is 42.5 Å². The molecule has 1 aliphatic rings. The van der Waals surface area contributed by atoms with Gasteiger partial charge in [-0.1, -0.05) is 12.1 Å². The van der Waals surface area contributed by atoms with E-state index in [2.05, 4.69) is 10.4 Å². The molecule has 142 valence electrons. The number of ether oxygens (including phenoxy) is 1. The monoisotopic (exact) mass is 376 g/mol. The molecule has 1 aromatic heterocycles. The number of benzene rings is 2. The summed E-state index contributed by atoms with van der Waals surface area (Å²) >= 11 is 0. The van der Waals surface area contributed by atoms with Crippen LogP contribution in [-0.2, 0) is 4.74 Å². The molecule has 0 aliphatic carbocycles. The van der Waals surface area contributed by atoms with Crippen LogP contribution in [0.5, 0.6) is 0 Å². The number of morpholine rings is 1. The van der Waals surface area contributed by atoms with Crippen LogP contribution in [0.3, 0.4) is 0 Å². The molecule has 0 bridgehead atoms. The van der Waals surface area contributed by atoms with Crippen LogP contribution in [0, 0.1) is 0 Å². The van der Waals surface area contributed by atoms with Gasteiger partial charge in [-0.15, -0.1) is 0 Å². The van der Waals surface area contributed by atoms with Crippen molar-refractivity contribution in [2.24, 2.45) is 0 Å². The molecule has 1 saturated heterocycles. The number of hydrogen-bond donors (Lipinski definition) is 1. The highest BCUT2D eigenvalue weighted by molar-refractivity contribution is 6.09. The molecule has 1 N–H and O–H groups in total. The molecule has 7 heteroatoms. The number of rotatable bonds is 4. The number of aromatic nitrogens is 2. The molecular weight excluding hydrogens is 356 g/mol. The van der Waals surface area contributed by atoms with Crippen molar-refractivity contribution in [2.45, 2.75) is 0 Å². The van der Waals surface area contributed by atoms with Crippen LogP contribution in [0.25, 0.3) is 5.69 Å². The molecule has 0 saturated carbocycles. The van der Waals surface area contributed by atoms with E-state index in [0.29, 0.717) is 43.1 Å². The Morgan fingerprint density at radius 1 is 0.964 bits per heavy atom. The summed E-state index contributed by atoms with van der Waals surface area (Å²) in [5, 5.41) is 7.03. The molecule has 0 atom stereocenters. The number of carbonyl (C=O) groups is 2. The van der Waals surface area contributed by atoms with Crippen molar-refractivity contribution in [1.82, 2.24) is 14.7 Å². The zero-order valence-corrected chi connectivity index (χ0v) is 15.2. The molecule has 1 aliphatic heterocycles. The minimum absolute atomic E-state index is 0.103. The van der Waals surface area contributed by atoms with Crippen molar-refractivity contribution < 1.29 is 14.3 Å². The first-order chi connectivity index (χ1) is 13.7. The summed E-state index contributed by atoms with van der Waals surface area (Å²) in [4.78, 5) is 27.3. The maximum absolute atomic E-state index is 12.8. The highest BCUT2D eigenvalue weighted by atomic mass is 16.5. The van der Waals surface area contributed by atoms with Gasteiger partial charge in [0.15, 0.2) is 0 Å². The minimum Gasteiger partial charge on any atom is -0.378 e. The van der Waals surface area contributed by atoms with Gasteiger partial charge in [0, 0.05) is 31.0 Å². The topological polar surface area (TPSA) is 76.5 Å². The fraction of sp³-hybridized carbons (Fsp3) is 0.190. The second-order valence-electron chi connectivity index (χ2n) is 6.40.